The summed E-state index contributed by atoms with van der Waals surface area (Å²) >= 11 is 2.84. The molecule has 0 saturated carbocycles. The Morgan fingerprint density at radius 2 is 2.00 bits per heavy atom. The molecular weight excluding hydrogens is 394 g/mol. The third kappa shape index (κ3) is 2.97. The molecule has 1 N–H and O–H groups in total. The zero-order chi connectivity index (χ0) is 19.3. The van der Waals surface area contributed by atoms with Gasteiger partial charge in [0.2, 0.25) is 0 Å². The standard InChI is InChI=1S/C19H21N5O2S2/c1-10-15(28-23-22-10)19(26)24-8-6-11(7-9-24)16-20-17(25)14-12-4-2-3-5-13(12)27-18(14)21-16/h11H,2-9H2,1H3,(H,20,21,25). The van der Waals surface area contributed by atoms with Crippen LogP contribution in [0.1, 0.15) is 63.2 Å². The normalized spacial score (nSPS) is 17.8. The molecule has 0 spiro atoms. The van der Waals surface area contributed by atoms with E-state index in [0.29, 0.717) is 23.7 Å². The van der Waals surface area contributed by atoms with Gasteiger partial charge in [0, 0.05) is 23.9 Å². The minimum atomic E-state index is 0.00395. The zero-order valence-electron chi connectivity index (χ0n) is 15.7. The molecule has 1 amide bonds. The predicted molar refractivity (Wildman–Crippen MR) is 109 cm³/mol. The van der Waals surface area contributed by atoms with E-state index in [1.54, 1.807) is 11.3 Å². The van der Waals surface area contributed by atoms with Crippen LogP contribution in [0.2, 0.25) is 0 Å². The molecule has 7 nitrogen and oxygen atoms in total. The summed E-state index contributed by atoms with van der Waals surface area (Å²) < 4.78 is 3.86. The number of H-pyrrole nitrogens is 1. The molecule has 2 aliphatic rings. The second-order valence-corrected chi connectivity index (χ2v) is 9.43. The van der Waals surface area contributed by atoms with Crippen molar-refractivity contribution < 1.29 is 4.79 Å². The third-order valence-electron chi connectivity index (χ3n) is 5.86. The molecule has 1 saturated heterocycles. The van der Waals surface area contributed by atoms with E-state index in [4.69, 9.17) is 4.98 Å². The number of carbonyl (C=O) groups excluding carboxylic acids is 1. The number of likely N-dealkylation sites (tertiary alicyclic amines) is 1. The van der Waals surface area contributed by atoms with E-state index in [2.05, 4.69) is 14.6 Å². The number of carbonyl (C=O) groups is 1. The fourth-order valence-electron chi connectivity index (χ4n) is 4.30. The highest BCUT2D eigenvalue weighted by Gasteiger charge is 2.29. The van der Waals surface area contributed by atoms with Gasteiger partial charge in [-0.2, -0.15) is 0 Å². The van der Waals surface area contributed by atoms with Crippen LogP contribution in [0.3, 0.4) is 0 Å². The van der Waals surface area contributed by atoms with Gasteiger partial charge < -0.3 is 9.88 Å². The van der Waals surface area contributed by atoms with Crippen molar-refractivity contribution in [1.29, 1.82) is 0 Å². The number of piperidine rings is 1. The van der Waals surface area contributed by atoms with Gasteiger partial charge >= 0.3 is 0 Å². The molecule has 28 heavy (non-hydrogen) atoms. The lowest BCUT2D eigenvalue weighted by atomic mass is 9.95. The second-order valence-electron chi connectivity index (χ2n) is 7.60. The first-order chi connectivity index (χ1) is 13.6. The molecular formula is C19H21N5O2S2. The van der Waals surface area contributed by atoms with Gasteiger partial charge in [-0.3, -0.25) is 9.59 Å². The van der Waals surface area contributed by atoms with Crippen LogP contribution in [-0.2, 0) is 12.8 Å². The molecule has 3 aromatic rings. The summed E-state index contributed by atoms with van der Waals surface area (Å²) in [5, 5.41) is 4.74. The molecule has 0 unspecified atom stereocenters. The Kier molecular flexibility index (Phi) is 4.51. The molecule has 146 valence electrons. The molecule has 4 heterocycles. The van der Waals surface area contributed by atoms with Crippen molar-refractivity contribution in [2.24, 2.45) is 0 Å². The van der Waals surface area contributed by atoms with Gasteiger partial charge in [-0.05, 0) is 62.5 Å². The van der Waals surface area contributed by atoms with Crippen LogP contribution in [-0.4, -0.2) is 43.5 Å². The average Bonchev–Trinajstić information content (AvgIpc) is 3.30. The van der Waals surface area contributed by atoms with E-state index in [9.17, 15) is 9.59 Å². The van der Waals surface area contributed by atoms with Crippen molar-refractivity contribution in [3.05, 3.63) is 37.2 Å². The molecule has 0 aromatic carbocycles. The second kappa shape index (κ2) is 7.04. The quantitative estimate of drug-likeness (QED) is 0.695. The number of rotatable bonds is 2. The first kappa shape index (κ1) is 17.9. The molecule has 0 atom stereocenters. The first-order valence-corrected chi connectivity index (χ1v) is 11.3. The lowest BCUT2D eigenvalue weighted by molar-refractivity contribution is 0.0715. The summed E-state index contributed by atoms with van der Waals surface area (Å²) in [6.07, 6.45) is 6.02. The maximum atomic E-state index is 12.8. The molecule has 0 radical (unpaired) electrons. The number of aromatic amines is 1. The Morgan fingerprint density at radius 3 is 2.75 bits per heavy atom. The number of amides is 1. The number of aromatic nitrogens is 4. The zero-order valence-corrected chi connectivity index (χ0v) is 17.3. The Balaban J connectivity index is 1.36. The molecule has 1 aliphatic carbocycles. The van der Waals surface area contributed by atoms with Gasteiger partial charge in [-0.25, -0.2) is 4.98 Å². The molecule has 9 heteroatoms. The smallest absolute Gasteiger partial charge is 0.267 e. The monoisotopic (exact) mass is 415 g/mol. The molecule has 1 fully saturated rings. The minimum absolute atomic E-state index is 0.00395. The molecule has 3 aromatic heterocycles. The highest BCUT2D eigenvalue weighted by molar-refractivity contribution is 7.18. The molecule has 0 bridgehead atoms. The van der Waals surface area contributed by atoms with E-state index < -0.39 is 0 Å². The van der Waals surface area contributed by atoms with Crippen LogP contribution in [0.4, 0.5) is 0 Å². The Morgan fingerprint density at radius 1 is 1.21 bits per heavy atom. The summed E-state index contributed by atoms with van der Waals surface area (Å²) in [6.45, 7) is 3.13. The number of fused-ring (bicyclic) bond motifs is 3. The van der Waals surface area contributed by atoms with Gasteiger partial charge in [0.15, 0.2) is 0 Å². The molecule has 5 rings (SSSR count). The van der Waals surface area contributed by atoms with Gasteiger partial charge in [0.25, 0.3) is 11.5 Å². The van der Waals surface area contributed by atoms with Gasteiger partial charge in [-0.1, -0.05) is 4.49 Å². The summed E-state index contributed by atoms with van der Waals surface area (Å²) in [4.78, 5) is 38.0. The number of hydrogen-bond acceptors (Lipinski definition) is 7. The summed E-state index contributed by atoms with van der Waals surface area (Å²) in [5.41, 5.74) is 1.92. The SMILES string of the molecule is Cc1nnsc1C(=O)N1CCC(c2nc3sc4c(c3c(=O)[nH]2)CCCC4)CC1. The average molecular weight is 416 g/mol. The summed E-state index contributed by atoms with van der Waals surface area (Å²) in [6, 6.07) is 0. The number of hydrogen-bond donors (Lipinski definition) is 1. The third-order valence-corrected chi connectivity index (χ3v) is 7.86. The van der Waals surface area contributed by atoms with Gasteiger partial charge in [0.05, 0.1) is 11.1 Å². The lowest BCUT2D eigenvalue weighted by Gasteiger charge is -2.31. The van der Waals surface area contributed by atoms with E-state index in [-0.39, 0.29) is 17.4 Å². The van der Waals surface area contributed by atoms with Gasteiger partial charge in [0.1, 0.15) is 15.5 Å². The van der Waals surface area contributed by atoms with Crippen molar-refractivity contribution in [3.63, 3.8) is 0 Å². The van der Waals surface area contributed by atoms with E-state index in [1.807, 2.05) is 11.8 Å². The van der Waals surface area contributed by atoms with Crippen LogP contribution in [0.5, 0.6) is 0 Å². The van der Waals surface area contributed by atoms with E-state index in [1.165, 1.54) is 16.9 Å². The highest BCUT2D eigenvalue weighted by Crippen LogP contribution is 2.35. The Bertz CT molecular complexity index is 1110. The van der Waals surface area contributed by atoms with Crippen molar-refractivity contribution in [2.75, 3.05) is 13.1 Å². The van der Waals surface area contributed by atoms with Crippen molar-refractivity contribution in [2.45, 2.75) is 51.4 Å². The fraction of sp³-hybridized carbons (Fsp3) is 0.526. The summed E-state index contributed by atoms with van der Waals surface area (Å²) in [7, 11) is 0. The van der Waals surface area contributed by atoms with Crippen LogP contribution in [0.25, 0.3) is 10.2 Å². The Hall–Kier alpha value is -2.13. The van der Waals surface area contributed by atoms with Crippen LogP contribution < -0.4 is 5.56 Å². The van der Waals surface area contributed by atoms with Crippen molar-refractivity contribution >= 4 is 39.0 Å². The Labute approximate surface area is 170 Å². The maximum absolute atomic E-state index is 12.8. The van der Waals surface area contributed by atoms with Crippen LogP contribution in [0, 0.1) is 6.92 Å². The molecule has 1 aliphatic heterocycles. The first-order valence-electron chi connectivity index (χ1n) is 9.74. The number of thiophene rings is 1. The number of nitrogens with one attached hydrogen (secondary N) is 1. The minimum Gasteiger partial charge on any atom is -0.338 e. The van der Waals surface area contributed by atoms with Crippen LogP contribution >= 0.6 is 22.9 Å². The highest BCUT2D eigenvalue weighted by atomic mass is 32.1. The topological polar surface area (TPSA) is 91.8 Å². The van der Waals surface area contributed by atoms with Crippen molar-refractivity contribution in [1.82, 2.24) is 24.5 Å². The van der Waals surface area contributed by atoms with Crippen LogP contribution in [0.15, 0.2) is 4.79 Å². The lowest BCUT2D eigenvalue weighted by Crippen LogP contribution is -2.38. The maximum Gasteiger partial charge on any atom is 0.267 e. The van der Waals surface area contributed by atoms with Gasteiger partial charge in [-0.15, -0.1) is 16.4 Å². The summed E-state index contributed by atoms with van der Waals surface area (Å²) in [5.74, 6) is 0.966. The predicted octanol–water partition coefficient (Wildman–Crippen LogP) is 3.04. The van der Waals surface area contributed by atoms with E-state index in [0.717, 1.165) is 59.7 Å². The van der Waals surface area contributed by atoms with Crippen molar-refractivity contribution in [3.8, 4) is 0 Å². The largest absolute Gasteiger partial charge is 0.338 e. The number of nitrogens with zero attached hydrogens (tertiary/aromatic N) is 4. The number of aryl methyl sites for hydroxylation is 3. The fourth-order valence-corrected chi connectivity index (χ4v) is 6.20. The van der Waals surface area contributed by atoms with E-state index >= 15 is 0 Å².